The van der Waals surface area contributed by atoms with Crippen LogP contribution in [0.4, 0.5) is 5.69 Å². The van der Waals surface area contributed by atoms with E-state index in [1.54, 1.807) is 11.3 Å². The first-order chi connectivity index (χ1) is 9.31. The van der Waals surface area contributed by atoms with Gasteiger partial charge in [0.15, 0.2) is 0 Å². The van der Waals surface area contributed by atoms with Crippen LogP contribution in [-0.4, -0.2) is 36.1 Å². The molecule has 0 N–H and O–H groups in total. The number of nitrogens with zero attached hydrogens (tertiary/aromatic N) is 3. The van der Waals surface area contributed by atoms with Gasteiger partial charge in [-0.15, -0.1) is 11.3 Å². The van der Waals surface area contributed by atoms with Crippen LogP contribution in [0, 0.1) is 0 Å². The van der Waals surface area contributed by atoms with Gasteiger partial charge in [0.2, 0.25) is 0 Å². The second-order valence-corrected chi connectivity index (χ2v) is 5.88. The van der Waals surface area contributed by atoms with Crippen LogP contribution < -0.4 is 4.90 Å². The Morgan fingerprint density at radius 2 is 2.05 bits per heavy atom. The van der Waals surface area contributed by atoms with Crippen molar-refractivity contribution in [2.45, 2.75) is 6.54 Å². The minimum atomic E-state index is 0.808. The van der Waals surface area contributed by atoms with Crippen LogP contribution in [-0.2, 0) is 6.54 Å². The monoisotopic (exact) mass is 293 g/mol. The number of benzene rings is 1. The summed E-state index contributed by atoms with van der Waals surface area (Å²) in [7, 11) is 0. The van der Waals surface area contributed by atoms with Crippen LogP contribution in [0.3, 0.4) is 0 Å². The molecule has 1 saturated heterocycles. The maximum Gasteiger partial charge on any atom is 0.0795 e. The molecule has 0 spiro atoms. The molecule has 2 aromatic rings. The third-order valence-electron chi connectivity index (χ3n) is 3.41. The average Bonchev–Trinajstić information content (AvgIpc) is 2.92. The molecule has 0 aliphatic carbocycles. The van der Waals surface area contributed by atoms with Gasteiger partial charge in [-0.2, -0.15) is 0 Å². The Morgan fingerprint density at radius 1 is 1.21 bits per heavy atom. The Hall–Kier alpha value is -1.10. The molecule has 0 unspecified atom stereocenters. The Morgan fingerprint density at radius 3 is 2.74 bits per heavy atom. The van der Waals surface area contributed by atoms with E-state index in [1.807, 2.05) is 23.7 Å². The van der Waals surface area contributed by atoms with E-state index in [9.17, 15) is 0 Å². The standard InChI is InChI=1S/C14H16ClN3S/c15-12-2-1-3-14(8-12)18-6-4-17(5-7-18)9-13-10-19-11-16-13/h1-3,8,10-11H,4-7,9H2. The van der Waals surface area contributed by atoms with E-state index in [0.29, 0.717) is 0 Å². The zero-order chi connectivity index (χ0) is 13.1. The summed E-state index contributed by atoms with van der Waals surface area (Å²) >= 11 is 7.71. The van der Waals surface area contributed by atoms with Gasteiger partial charge in [-0.1, -0.05) is 17.7 Å². The summed E-state index contributed by atoms with van der Waals surface area (Å²) in [6.45, 7) is 5.20. The van der Waals surface area contributed by atoms with Gasteiger partial charge in [0.25, 0.3) is 0 Å². The fourth-order valence-electron chi connectivity index (χ4n) is 2.38. The van der Waals surface area contributed by atoms with Crippen molar-refractivity contribution in [3.8, 4) is 0 Å². The highest BCUT2D eigenvalue weighted by atomic mass is 35.5. The highest BCUT2D eigenvalue weighted by Gasteiger charge is 2.17. The normalized spacial score (nSPS) is 16.8. The van der Waals surface area contributed by atoms with Crippen molar-refractivity contribution in [1.29, 1.82) is 0 Å². The molecule has 0 atom stereocenters. The van der Waals surface area contributed by atoms with Crippen molar-refractivity contribution in [3.05, 3.63) is 45.9 Å². The summed E-state index contributed by atoms with van der Waals surface area (Å²) in [5.41, 5.74) is 4.30. The van der Waals surface area contributed by atoms with Crippen LogP contribution in [0.25, 0.3) is 0 Å². The number of anilines is 1. The minimum Gasteiger partial charge on any atom is -0.369 e. The molecule has 3 rings (SSSR count). The molecular formula is C14H16ClN3S. The minimum absolute atomic E-state index is 0.808. The number of thiazole rings is 1. The van der Waals surface area contributed by atoms with Crippen molar-refractivity contribution >= 4 is 28.6 Å². The zero-order valence-electron chi connectivity index (χ0n) is 10.6. The van der Waals surface area contributed by atoms with Crippen molar-refractivity contribution < 1.29 is 0 Å². The van der Waals surface area contributed by atoms with Gasteiger partial charge in [-0.3, -0.25) is 4.90 Å². The number of halogens is 1. The smallest absolute Gasteiger partial charge is 0.0795 e. The highest BCUT2D eigenvalue weighted by Crippen LogP contribution is 2.21. The fraction of sp³-hybridized carbons (Fsp3) is 0.357. The van der Waals surface area contributed by atoms with E-state index in [0.717, 1.165) is 37.7 Å². The van der Waals surface area contributed by atoms with Crippen molar-refractivity contribution in [3.63, 3.8) is 0 Å². The van der Waals surface area contributed by atoms with Crippen molar-refractivity contribution in [2.24, 2.45) is 0 Å². The van der Waals surface area contributed by atoms with Gasteiger partial charge in [-0.05, 0) is 18.2 Å². The van der Waals surface area contributed by atoms with Crippen LogP contribution in [0.15, 0.2) is 35.2 Å². The molecule has 3 nitrogen and oxygen atoms in total. The second-order valence-electron chi connectivity index (χ2n) is 4.72. The summed E-state index contributed by atoms with van der Waals surface area (Å²) in [5.74, 6) is 0. The average molecular weight is 294 g/mol. The summed E-state index contributed by atoms with van der Waals surface area (Å²) in [4.78, 5) is 9.19. The molecule has 0 radical (unpaired) electrons. The lowest BCUT2D eigenvalue weighted by molar-refractivity contribution is 0.247. The molecule has 1 aromatic heterocycles. The largest absolute Gasteiger partial charge is 0.369 e. The summed E-state index contributed by atoms with van der Waals surface area (Å²) < 4.78 is 0. The Balaban J connectivity index is 1.57. The predicted molar refractivity (Wildman–Crippen MR) is 81.1 cm³/mol. The van der Waals surface area contributed by atoms with Gasteiger partial charge in [0.05, 0.1) is 11.2 Å². The highest BCUT2D eigenvalue weighted by molar-refractivity contribution is 7.07. The molecule has 2 heterocycles. The molecule has 1 fully saturated rings. The summed E-state index contributed by atoms with van der Waals surface area (Å²) in [6, 6.07) is 8.10. The number of hydrogen-bond acceptors (Lipinski definition) is 4. The molecule has 100 valence electrons. The third kappa shape index (κ3) is 3.26. The molecule has 0 amide bonds. The predicted octanol–water partition coefficient (Wildman–Crippen LogP) is 3.12. The Labute approximate surface area is 122 Å². The van der Waals surface area contributed by atoms with Crippen LogP contribution in [0.2, 0.25) is 5.02 Å². The zero-order valence-corrected chi connectivity index (χ0v) is 12.2. The summed E-state index contributed by atoms with van der Waals surface area (Å²) in [6.07, 6.45) is 0. The molecule has 1 aliphatic rings. The lowest BCUT2D eigenvalue weighted by atomic mass is 10.2. The first-order valence-electron chi connectivity index (χ1n) is 6.41. The number of hydrogen-bond donors (Lipinski definition) is 0. The van der Waals surface area contributed by atoms with Gasteiger partial charge >= 0.3 is 0 Å². The Kier molecular flexibility index (Phi) is 4.01. The van der Waals surface area contributed by atoms with Gasteiger partial charge < -0.3 is 4.90 Å². The van der Waals surface area contributed by atoms with Gasteiger partial charge in [-0.25, -0.2) is 4.98 Å². The summed E-state index contributed by atoms with van der Waals surface area (Å²) in [5, 5.41) is 2.94. The molecule has 1 aliphatic heterocycles. The first-order valence-corrected chi connectivity index (χ1v) is 7.73. The maximum atomic E-state index is 6.04. The van der Waals surface area contributed by atoms with Crippen molar-refractivity contribution in [1.82, 2.24) is 9.88 Å². The topological polar surface area (TPSA) is 19.4 Å². The lowest BCUT2D eigenvalue weighted by Gasteiger charge is -2.35. The quantitative estimate of drug-likeness (QED) is 0.867. The van der Waals surface area contributed by atoms with E-state index in [-0.39, 0.29) is 0 Å². The third-order valence-corrected chi connectivity index (χ3v) is 4.29. The maximum absolute atomic E-state index is 6.04. The molecular weight excluding hydrogens is 278 g/mol. The van der Waals surface area contributed by atoms with Crippen LogP contribution >= 0.6 is 22.9 Å². The first kappa shape index (κ1) is 12.9. The molecule has 0 bridgehead atoms. The number of aromatic nitrogens is 1. The Bertz CT molecular complexity index is 521. The van der Waals surface area contributed by atoms with Crippen LogP contribution in [0.5, 0.6) is 0 Å². The van der Waals surface area contributed by atoms with Gasteiger partial charge in [0, 0.05) is 48.8 Å². The van der Waals surface area contributed by atoms with E-state index < -0.39 is 0 Å². The van der Waals surface area contributed by atoms with E-state index in [4.69, 9.17) is 11.6 Å². The van der Waals surface area contributed by atoms with E-state index >= 15 is 0 Å². The molecule has 5 heteroatoms. The SMILES string of the molecule is Clc1cccc(N2CCN(Cc3cscn3)CC2)c1. The molecule has 19 heavy (non-hydrogen) atoms. The molecule has 0 saturated carbocycles. The van der Waals surface area contributed by atoms with E-state index in [2.05, 4.69) is 26.2 Å². The number of piperazine rings is 1. The fourth-order valence-corrected chi connectivity index (χ4v) is 3.12. The van der Waals surface area contributed by atoms with Gasteiger partial charge in [0.1, 0.15) is 0 Å². The number of rotatable bonds is 3. The van der Waals surface area contributed by atoms with Crippen LogP contribution in [0.1, 0.15) is 5.69 Å². The second kappa shape index (κ2) is 5.90. The van der Waals surface area contributed by atoms with Crippen molar-refractivity contribution in [2.75, 3.05) is 31.1 Å². The van der Waals surface area contributed by atoms with E-state index in [1.165, 1.54) is 11.4 Å². The molecule has 1 aromatic carbocycles. The lowest BCUT2D eigenvalue weighted by Crippen LogP contribution is -2.46.